The standard InChI is InChI=1S/C41H76N2O7/c1-7-9-11-13-15-17-18-19-20-21-22-23-24-26-28-30-32-43(35(44)31-29-27-25-16-14-12-10-8-2)33-34-37(45)38(46)36(39(48-6)49-34)42-40(47)50-41(3,4)5/h2,34,36-39,45-46H,7,9-33H2,1,3-6H3,(H,42,47)/t34-,36+,37-,38-,39+/m1/s1. The van der Waals surface area contributed by atoms with E-state index in [1.54, 1.807) is 25.7 Å². The maximum Gasteiger partial charge on any atom is 0.408 e. The summed E-state index contributed by atoms with van der Waals surface area (Å²) in [5, 5.41) is 24.7. The van der Waals surface area contributed by atoms with E-state index in [0.29, 0.717) is 13.0 Å². The molecule has 1 aliphatic heterocycles. The van der Waals surface area contributed by atoms with Crippen LogP contribution in [0.15, 0.2) is 0 Å². The Hall–Kier alpha value is -1.86. The summed E-state index contributed by atoms with van der Waals surface area (Å²) < 4.78 is 16.8. The average molecular weight is 709 g/mol. The van der Waals surface area contributed by atoms with Crippen molar-refractivity contribution in [2.45, 2.75) is 218 Å². The highest BCUT2D eigenvalue weighted by Gasteiger charge is 2.46. The van der Waals surface area contributed by atoms with Gasteiger partial charge in [-0.3, -0.25) is 4.79 Å². The van der Waals surface area contributed by atoms with E-state index in [2.05, 4.69) is 18.2 Å². The average Bonchev–Trinajstić information content (AvgIpc) is 3.07. The van der Waals surface area contributed by atoms with Gasteiger partial charge in [-0.1, -0.05) is 129 Å². The zero-order chi connectivity index (χ0) is 37.0. The summed E-state index contributed by atoms with van der Waals surface area (Å²) in [6.07, 6.45) is 28.0. The molecule has 0 radical (unpaired) electrons. The molecule has 1 saturated heterocycles. The Labute approximate surface area is 306 Å². The van der Waals surface area contributed by atoms with Crippen molar-refractivity contribution in [3.05, 3.63) is 0 Å². The molecular formula is C41H76N2O7. The van der Waals surface area contributed by atoms with Crippen LogP contribution in [0, 0.1) is 12.3 Å². The summed E-state index contributed by atoms with van der Waals surface area (Å²) in [7, 11) is 1.42. The highest BCUT2D eigenvalue weighted by Crippen LogP contribution is 2.24. The molecule has 0 aliphatic carbocycles. The van der Waals surface area contributed by atoms with Crippen molar-refractivity contribution in [2.24, 2.45) is 0 Å². The predicted molar refractivity (Wildman–Crippen MR) is 203 cm³/mol. The quantitative estimate of drug-likeness (QED) is 0.0525. The van der Waals surface area contributed by atoms with E-state index in [-0.39, 0.29) is 12.5 Å². The van der Waals surface area contributed by atoms with Gasteiger partial charge in [-0.2, -0.15) is 0 Å². The fourth-order valence-electron chi connectivity index (χ4n) is 6.64. The Balaban J connectivity index is 2.55. The van der Waals surface area contributed by atoms with E-state index in [4.69, 9.17) is 20.6 Å². The van der Waals surface area contributed by atoms with Gasteiger partial charge in [-0.25, -0.2) is 4.79 Å². The second-order valence-electron chi connectivity index (χ2n) is 15.4. The van der Waals surface area contributed by atoms with E-state index < -0.39 is 42.3 Å². The number of nitrogens with zero attached hydrogens (tertiary/aromatic N) is 1. The van der Waals surface area contributed by atoms with Crippen LogP contribution in [0.4, 0.5) is 4.79 Å². The minimum Gasteiger partial charge on any atom is -0.444 e. The van der Waals surface area contributed by atoms with E-state index in [0.717, 1.165) is 64.2 Å². The van der Waals surface area contributed by atoms with Gasteiger partial charge in [0.15, 0.2) is 6.29 Å². The number of hydrogen-bond donors (Lipinski definition) is 3. The maximum atomic E-state index is 13.5. The third-order valence-corrected chi connectivity index (χ3v) is 9.61. The van der Waals surface area contributed by atoms with Crippen LogP contribution in [0.1, 0.15) is 182 Å². The van der Waals surface area contributed by atoms with Gasteiger partial charge < -0.3 is 34.6 Å². The molecule has 1 aliphatic rings. The third-order valence-electron chi connectivity index (χ3n) is 9.61. The van der Waals surface area contributed by atoms with Crippen LogP contribution in [0.25, 0.3) is 0 Å². The van der Waals surface area contributed by atoms with Crippen LogP contribution >= 0.6 is 0 Å². The van der Waals surface area contributed by atoms with Crippen molar-refractivity contribution in [2.75, 3.05) is 20.2 Å². The molecule has 1 fully saturated rings. The monoisotopic (exact) mass is 709 g/mol. The van der Waals surface area contributed by atoms with Crippen LogP contribution in [0.2, 0.25) is 0 Å². The van der Waals surface area contributed by atoms with Crippen LogP contribution in [-0.2, 0) is 19.0 Å². The smallest absolute Gasteiger partial charge is 0.408 e. The van der Waals surface area contributed by atoms with Gasteiger partial charge in [0.25, 0.3) is 0 Å². The first kappa shape index (κ1) is 46.2. The minimum atomic E-state index is -1.37. The number of ether oxygens (including phenoxy) is 3. The molecule has 0 aromatic heterocycles. The zero-order valence-electron chi connectivity index (χ0n) is 32.7. The topological polar surface area (TPSA) is 118 Å². The predicted octanol–water partition coefficient (Wildman–Crippen LogP) is 8.82. The lowest BCUT2D eigenvalue weighted by molar-refractivity contribution is -0.258. The Kier molecular flexibility index (Phi) is 26.5. The molecule has 1 rings (SSSR count). The van der Waals surface area contributed by atoms with Crippen molar-refractivity contribution in [1.29, 1.82) is 0 Å². The minimum absolute atomic E-state index is 0.0338. The van der Waals surface area contributed by atoms with Gasteiger partial charge in [-0.15, -0.1) is 12.3 Å². The van der Waals surface area contributed by atoms with Crippen LogP contribution in [-0.4, -0.2) is 83.6 Å². The Morgan fingerprint density at radius 3 is 1.72 bits per heavy atom. The molecule has 3 N–H and O–H groups in total. The van der Waals surface area contributed by atoms with Gasteiger partial charge in [0, 0.05) is 33.0 Å². The first-order chi connectivity index (χ1) is 24.0. The van der Waals surface area contributed by atoms with Crippen LogP contribution in [0.3, 0.4) is 0 Å². The molecule has 9 nitrogen and oxygen atoms in total. The van der Waals surface area contributed by atoms with Gasteiger partial charge >= 0.3 is 6.09 Å². The normalized spacial score (nSPS) is 20.7. The maximum absolute atomic E-state index is 13.5. The SMILES string of the molecule is C#CCCCCCCCCC(=O)N(CCCCCCCCCCCCCCCCCC)C[C@H]1O[C@H](OC)[C@@H](NC(=O)OC(C)(C)C)[C@@H](O)[C@@H]1O. The molecule has 0 aromatic carbocycles. The van der Waals surface area contributed by atoms with Crippen molar-refractivity contribution in [3.8, 4) is 12.3 Å². The van der Waals surface area contributed by atoms with Gasteiger partial charge in [0.2, 0.25) is 5.91 Å². The molecule has 5 atom stereocenters. The van der Waals surface area contributed by atoms with Crippen molar-refractivity contribution in [1.82, 2.24) is 10.2 Å². The molecule has 0 bridgehead atoms. The summed E-state index contributed by atoms with van der Waals surface area (Å²) in [6, 6.07) is -1.04. The molecule has 0 saturated carbocycles. The molecule has 50 heavy (non-hydrogen) atoms. The van der Waals surface area contributed by atoms with Crippen molar-refractivity contribution in [3.63, 3.8) is 0 Å². The van der Waals surface area contributed by atoms with Gasteiger partial charge in [-0.05, 0) is 40.0 Å². The van der Waals surface area contributed by atoms with E-state index >= 15 is 0 Å². The molecule has 0 aromatic rings. The molecule has 0 unspecified atom stereocenters. The Bertz CT molecular complexity index is 900. The summed E-state index contributed by atoms with van der Waals surface area (Å²) in [5.41, 5.74) is -0.732. The molecule has 1 heterocycles. The number of aliphatic hydroxyl groups is 2. The van der Waals surface area contributed by atoms with E-state index in [9.17, 15) is 19.8 Å². The van der Waals surface area contributed by atoms with Crippen LogP contribution in [0.5, 0.6) is 0 Å². The van der Waals surface area contributed by atoms with Gasteiger partial charge in [0.05, 0.1) is 0 Å². The van der Waals surface area contributed by atoms with Crippen molar-refractivity contribution < 1.29 is 34.0 Å². The zero-order valence-corrected chi connectivity index (χ0v) is 32.7. The summed E-state index contributed by atoms with van der Waals surface area (Å²) in [5.74, 6) is 2.72. The number of carbonyl (C=O) groups excluding carboxylic acids is 2. The number of alkyl carbamates (subject to hydrolysis) is 1. The number of unbranched alkanes of at least 4 members (excludes halogenated alkanes) is 21. The highest BCUT2D eigenvalue weighted by atomic mass is 16.7. The van der Waals surface area contributed by atoms with Crippen molar-refractivity contribution >= 4 is 12.0 Å². The lowest BCUT2D eigenvalue weighted by atomic mass is 9.96. The lowest BCUT2D eigenvalue weighted by Gasteiger charge is -2.43. The summed E-state index contributed by atoms with van der Waals surface area (Å²) in [4.78, 5) is 27.7. The third kappa shape index (κ3) is 22.2. The number of amides is 2. The Morgan fingerprint density at radius 1 is 0.760 bits per heavy atom. The lowest BCUT2D eigenvalue weighted by Crippen LogP contribution is -2.65. The fourth-order valence-corrected chi connectivity index (χ4v) is 6.64. The Morgan fingerprint density at radius 2 is 1.24 bits per heavy atom. The van der Waals surface area contributed by atoms with E-state index in [1.807, 2.05) is 0 Å². The first-order valence-electron chi connectivity index (χ1n) is 20.3. The van der Waals surface area contributed by atoms with E-state index in [1.165, 1.54) is 90.6 Å². The first-order valence-corrected chi connectivity index (χ1v) is 20.3. The largest absolute Gasteiger partial charge is 0.444 e. The molecule has 292 valence electrons. The number of terminal acetylenes is 1. The second-order valence-corrected chi connectivity index (χ2v) is 15.4. The summed E-state index contributed by atoms with van der Waals surface area (Å²) >= 11 is 0. The van der Waals surface area contributed by atoms with Gasteiger partial charge in [0.1, 0.15) is 30.0 Å². The number of hydrogen-bond acceptors (Lipinski definition) is 7. The molecule has 9 heteroatoms. The molecule has 2 amide bonds. The molecular weight excluding hydrogens is 632 g/mol. The number of methoxy groups -OCH3 is 1. The highest BCUT2D eigenvalue weighted by molar-refractivity contribution is 5.76. The summed E-state index contributed by atoms with van der Waals surface area (Å²) in [6.45, 7) is 8.20. The number of carbonyl (C=O) groups is 2. The van der Waals surface area contributed by atoms with Crippen LogP contribution < -0.4 is 5.32 Å². The fraction of sp³-hybridized carbons (Fsp3) is 0.902. The second kappa shape index (κ2) is 28.7. The molecule has 0 spiro atoms. The number of rotatable bonds is 29. The number of nitrogens with one attached hydrogen (secondary N) is 1. The number of aliphatic hydroxyl groups excluding tert-OH is 2.